The summed E-state index contributed by atoms with van der Waals surface area (Å²) in [4.78, 5) is 30.0. The maximum Gasteiger partial charge on any atom is 0.227 e. The third-order valence-electron chi connectivity index (χ3n) is 6.27. The summed E-state index contributed by atoms with van der Waals surface area (Å²) in [5, 5.41) is 11.1. The fraction of sp³-hybridized carbons (Fsp3) is 0.115. The molecule has 0 spiro atoms. The van der Waals surface area contributed by atoms with Crippen LogP contribution in [0.2, 0.25) is 0 Å². The van der Waals surface area contributed by atoms with Crippen LogP contribution < -0.4 is 5.32 Å². The number of fused-ring (bicyclic) bond motifs is 2. The summed E-state index contributed by atoms with van der Waals surface area (Å²) in [7, 11) is 0. The Kier molecular flexibility index (Phi) is 4.68. The van der Waals surface area contributed by atoms with Gasteiger partial charge in [0.15, 0.2) is 5.13 Å². The van der Waals surface area contributed by atoms with Crippen LogP contribution in [0.4, 0.5) is 10.1 Å². The summed E-state index contributed by atoms with van der Waals surface area (Å²) in [6.45, 7) is 0. The highest BCUT2D eigenvalue weighted by Gasteiger charge is 2.29. The van der Waals surface area contributed by atoms with Gasteiger partial charge < -0.3 is 10.3 Å². The first-order valence-corrected chi connectivity index (χ1v) is 12.3. The Bertz CT molecular complexity index is 1780. The lowest BCUT2D eigenvalue weighted by molar-refractivity contribution is -0.117. The summed E-state index contributed by atoms with van der Waals surface area (Å²) in [5.74, 6) is 0.148. The highest BCUT2D eigenvalue weighted by molar-refractivity contribution is 7.13. The first-order chi connectivity index (χ1) is 17.6. The fourth-order valence-corrected chi connectivity index (χ4v) is 5.05. The predicted octanol–water partition coefficient (Wildman–Crippen LogP) is 5.78. The minimum Gasteiger partial charge on any atom is -0.353 e. The van der Waals surface area contributed by atoms with E-state index >= 15 is 0 Å². The lowest BCUT2D eigenvalue weighted by atomic mass is 10.1. The van der Waals surface area contributed by atoms with Crippen LogP contribution in [0.3, 0.4) is 0 Å². The first-order valence-electron chi connectivity index (χ1n) is 11.5. The van der Waals surface area contributed by atoms with Gasteiger partial charge in [0.25, 0.3) is 0 Å². The van der Waals surface area contributed by atoms with Gasteiger partial charge in [-0.3, -0.25) is 19.9 Å². The largest absolute Gasteiger partial charge is 0.353 e. The number of nitrogens with zero attached hydrogens (tertiary/aromatic N) is 4. The Hall–Kier alpha value is -4.44. The molecule has 10 heteroatoms. The molecule has 1 fully saturated rings. The van der Waals surface area contributed by atoms with Crippen LogP contribution in [0.15, 0.2) is 61.1 Å². The van der Waals surface area contributed by atoms with Crippen LogP contribution in [-0.4, -0.2) is 36.0 Å². The van der Waals surface area contributed by atoms with Gasteiger partial charge in [-0.05, 0) is 55.3 Å². The number of carbonyl (C=O) groups is 1. The van der Waals surface area contributed by atoms with Crippen molar-refractivity contribution in [3.05, 3.63) is 66.2 Å². The van der Waals surface area contributed by atoms with Crippen molar-refractivity contribution in [2.24, 2.45) is 5.92 Å². The second kappa shape index (κ2) is 8.06. The quantitative estimate of drug-likeness (QED) is 0.281. The molecule has 3 N–H and O–H groups in total. The Morgan fingerprint density at radius 3 is 2.81 bits per heavy atom. The lowest BCUT2D eigenvalue weighted by Crippen LogP contribution is -2.13. The van der Waals surface area contributed by atoms with E-state index in [1.54, 1.807) is 24.7 Å². The summed E-state index contributed by atoms with van der Waals surface area (Å²) >= 11 is 1.06. The highest BCUT2D eigenvalue weighted by atomic mass is 32.1. The van der Waals surface area contributed by atoms with Crippen molar-refractivity contribution < 1.29 is 9.18 Å². The Morgan fingerprint density at radius 2 is 1.97 bits per heavy atom. The number of halogens is 1. The molecule has 6 heterocycles. The molecular weight excluding hydrogens is 477 g/mol. The van der Waals surface area contributed by atoms with Gasteiger partial charge in [-0.15, -0.1) is 11.3 Å². The summed E-state index contributed by atoms with van der Waals surface area (Å²) < 4.78 is 13.7. The Labute approximate surface area is 207 Å². The van der Waals surface area contributed by atoms with Crippen LogP contribution in [0.25, 0.3) is 55.2 Å². The fourth-order valence-electron chi connectivity index (χ4n) is 4.31. The van der Waals surface area contributed by atoms with Crippen molar-refractivity contribution in [3.63, 3.8) is 0 Å². The smallest absolute Gasteiger partial charge is 0.227 e. The van der Waals surface area contributed by atoms with Crippen molar-refractivity contribution >= 4 is 44.9 Å². The molecule has 0 unspecified atom stereocenters. The van der Waals surface area contributed by atoms with E-state index in [0.717, 1.165) is 56.7 Å². The molecule has 1 aliphatic carbocycles. The van der Waals surface area contributed by atoms with Crippen LogP contribution in [0.5, 0.6) is 0 Å². The maximum absolute atomic E-state index is 13.7. The number of aromatic amines is 2. The minimum atomic E-state index is -0.250. The highest BCUT2D eigenvalue weighted by Crippen LogP contribution is 2.35. The molecule has 7 rings (SSSR count). The average molecular weight is 496 g/mol. The average Bonchev–Trinajstić information content (AvgIpc) is 3.30. The van der Waals surface area contributed by atoms with Crippen molar-refractivity contribution in [2.45, 2.75) is 12.8 Å². The molecular formula is C26H18FN7OS. The predicted molar refractivity (Wildman–Crippen MR) is 137 cm³/mol. The van der Waals surface area contributed by atoms with E-state index in [1.165, 1.54) is 6.07 Å². The molecule has 0 bridgehead atoms. The van der Waals surface area contributed by atoms with Gasteiger partial charge >= 0.3 is 0 Å². The molecule has 176 valence electrons. The van der Waals surface area contributed by atoms with Gasteiger partial charge in [-0.2, -0.15) is 9.49 Å². The van der Waals surface area contributed by atoms with E-state index in [2.05, 4.69) is 30.5 Å². The molecule has 0 radical (unpaired) electrons. The zero-order valence-corrected chi connectivity index (χ0v) is 19.6. The zero-order chi connectivity index (χ0) is 24.2. The van der Waals surface area contributed by atoms with E-state index in [9.17, 15) is 9.18 Å². The molecule has 1 saturated carbocycles. The van der Waals surface area contributed by atoms with E-state index < -0.39 is 0 Å². The number of amides is 1. The number of carbonyl (C=O) groups excluding carboxylic acids is 1. The molecule has 36 heavy (non-hydrogen) atoms. The van der Waals surface area contributed by atoms with Crippen molar-refractivity contribution in [1.29, 1.82) is 0 Å². The summed E-state index contributed by atoms with van der Waals surface area (Å²) in [6, 6.07) is 12.7. The lowest BCUT2D eigenvalue weighted by Gasteiger charge is -2.06. The number of pyridine rings is 3. The topological polar surface area (TPSA) is 112 Å². The third-order valence-corrected chi connectivity index (χ3v) is 7.15. The van der Waals surface area contributed by atoms with Gasteiger partial charge in [0.05, 0.1) is 39.4 Å². The number of hydrogen-bond acceptors (Lipinski definition) is 6. The SMILES string of the molecule is O=C(Nc1cncc(-c2ccc3[nH]nc(-c4cc5c(-c6ccc(F)s6)nccc5[nH]4)c3n2)c1)C1CC1. The van der Waals surface area contributed by atoms with Gasteiger partial charge in [-0.25, -0.2) is 4.98 Å². The van der Waals surface area contributed by atoms with Crippen LogP contribution >= 0.6 is 11.3 Å². The monoisotopic (exact) mass is 495 g/mol. The minimum absolute atomic E-state index is 0.0347. The van der Waals surface area contributed by atoms with Gasteiger partial charge in [0, 0.05) is 34.8 Å². The number of thiophene rings is 1. The number of hydrogen-bond donors (Lipinski definition) is 3. The van der Waals surface area contributed by atoms with Crippen LogP contribution in [0, 0.1) is 11.0 Å². The Balaban J connectivity index is 1.28. The van der Waals surface area contributed by atoms with E-state index in [-0.39, 0.29) is 17.0 Å². The van der Waals surface area contributed by atoms with Gasteiger partial charge in [0.1, 0.15) is 11.2 Å². The molecule has 0 aliphatic heterocycles. The molecule has 0 atom stereocenters. The van der Waals surface area contributed by atoms with E-state index in [1.807, 2.05) is 30.3 Å². The molecule has 1 aliphatic rings. The van der Waals surface area contributed by atoms with Crippen LogP contribution in [-0.2, 0) is 4.79 Å². The summed E-state index contributed by atoms with van der Waals surface area (Å²) in [6.07, 6.45) is 6.95. The van der Waals surface area contributed by atoms with Crippen molar-refractivity contribution in [1.82, 2.24) is 30.1 Å². The van der Waals surface area contributed by atoms with Crippen molar-refractivity contribution in [2.75, 3.05) is 5.32 Å². The van der Waals surface area contributed by atoms with Crippen LogP contribution in [0.1, 0.15) is 12.8 Å². The maximum atomic E-state index is 13.7. The summed E-state index contributed by atoms with van der Waals surface area (Å²) in [5.41, 5.74) is 6.68. The standard InChI is InChI=1S/C26H18FN7OS/c27-22-6-5-21(36-22)23-16-10-20(31-18(16)7-8-29-23)25-24-19(33-34-25)4-3-17(32-24)14-9-15(12-28-11-14)30-26(35)13-1-2-13/h3-13,31H,1-2H2,(H,30,35)(H,33,34). The van der Waals surface area contributed by atoms with E-state index in [0.29, 0.717) is 28.3 Å². The molecule has 0 aromatic carbocycles. The number of aromatic nitrogens is 6. The zero-order valence-electron chi connectivity index (χ0n) is 18.7. The number of H-pyrrole nitrogens is 2. The molecule has 6 aromatic rings. The second-order valence-electron chi connectivity index (χ2n) is 8.80. The number of nitrogens with one attached hydrogen (secondary N) is 3. The second-order valence-corrected chi connectivity index (χ2v) is 9.83. The third kappa shape index (κ3) is 3.62. The molecule has 8 nitrogen and oxygen atoms in total. The van der Waals surface area contributed by atoms with Gasteiger partial charge in [0.2, 0.25) is 5.91 Å². The molecule has 6 aromatic heterocycles. The molecule has 0 saturated heterocycles. The van der Waals surface area contributed by atoms with Gasteiger partial charge in [-0.1, -0.05) is 0 Å². The molecule has 1 amide bonds. The number of rotatable bonds is 5. The Morgan fingerprint density at radius 1 is 1.06 bits per heavy atom. The van der Waals surface area contributed by atoms with Crippen molar-refractivity contribution in [3.8, 4) is 33.2 Å². The normalized spacial score (nSPS) is 13.5. The number of anilines is 1. The van der Waals surface area contributed by atoms with E-state index in [4.69, 9.17) is 4.98 Å². The first kappa shape index (κ1) is 20.9.